The Balaban J connectivity index is 1.14. The Kier molecular flexibility index (Phi) is 10.2. The van der Waals surface area contributed by atoms with Crippen LogP contribution in [0.25, 0.3) is 27.7 Å². The van der Waals surface area contributed by atoms with E-state index in [0.29, 0.717) is 5.92 Å². The zero-order chi connectivity index (χ0) is 52.9. The Morgan fingerprint density at radius 2 is 1.20 bits per heavy atom. The number of rotatable bonds is 3. The van der Waals surface area contributed by atoms with Crippen LogP contribution in [0.2, 0.25) is 0 Å². The fraction of sp³-hybridized carbons (Fsp3) is 0.437. The predicted molar refractivity (Wildman–Crippen MR) is 323 cm³/mol. The lowest BCUT2D eigenvalue weighted by molar-refractivity contribution is 0.0976. The fourth-order valence-corrected chi connectivity index (χ4v) is 16.0. The highest BCUT2D eigenvalue weighted by molar-refractivity contribution is 7.00. The Morgan fingerprint density at radius 1 is 0.573 bits per heavy atom. The van der Waals surface area contributed by atoms with Crippen molar-refractivity contribution in [1.29, 1.82) is 0 Å². The maximum Gasteiger partial charge on any atom is 0.252 e. The van der Waals surface area contributed by atoms with Gasteiger partial charge in [0.2, 0.25) is 0 Å². The molecular weight excluding hydrogens is 906 g/mol. The third-order valence-electron chi connectivity index (χ3n) is 20.4. The van der Waals surface area contributed by atoms with Gasteiger partial charge in [-0.1, -0.05) is 220 Å². The van der Waals surface area contributed by atoms with Gasteiger partial charge >= 0.3 is 0 Å². The van der Waals surface area contributed by atoms with Gasteiger partial charge in [-0.2, -0.15) is 0 Å². The first-order valence-corrected chi connectivity index (χ1v) is 28.8. The first-order chi connectivity index (χ1) is 35.2. The lowest BCUT2D eigenvalue weighted by Gasteiger charge is -2.51. The Morgan fingerprint density at radius 3 is 1.89 bits per heavy atom. The standard InChI is InChI=1S/C71H82BN3/c1-65(2,3)44-28-32-56(50(36-44)43-24-18-17-19-25-43)73-58-42-48(75-57-33-29-45(66(4,5)6)38-53(57)70(15)34-22-23-35-71(70,75)16)30-31-54(58)72-55-39-46(67(7,8)9)37-51-61-49-26-20-21-27-52(49)69(13,14)64(61)74(63(51)55)60-41-47(68(10,11)12)40-59(73)62(60)72/h17-21,24-33,36-42,50,53,56-57H,22-23,34-35H2,1-16H3. The third kappa shape index (κ3) is 6.78. The summed E-state index contributed by atoms with van der Waals surface area (Å²) in [7, 11) is 0. The summed E-state index contributed by atoms with van der Waals surface area (Å²) in [6, 6.07) is 39.5. The van der Waals surface area contributed by atoms with Crippen molar-refractivity contribution >= 4 is 51.1 Å². The van der Waals surface area contributed by atoms with Crippen LogP contribution in [0.15, 0.2) is 145 Å². The maximum absolute atomic E-state index is 2.95. The topological polar surface area (TPSA) is 11.4 Å². The summed E-state index contributed by atoms with van der Waals surface area (Å²) in [5.41, 5.74) is 23.7. The summed E-state index contributed by atoms with van der Waals surface area (Å²) in [5, 5.41) is 1.40. The fourth-order valence-electron chi connectivity index (χ4n) is 16.0. The van der Waals surface area contributed by atoms with Gasteiger partial charge in [0.05, 0.1) is 12.1 Å². The molecule has 0 radical (unpaired) electrons. The minimum atomic E-state index is -0.213. The molecule has 1 aromatic heterocycles. The molecule has 0 N–H and O–H groups in total. The van der Waals surface area contributed by atoms with Crippen molar-refractivity contribution in [1.82, 2.24) is 4.57 Å². The van der Waals surface area contributed by atoms with E-state index in [1.54, 1.807) is 0 Å². The second-order valence-electron chi connectivity index (χ2n) is 29.3. The molecule has 6 unspecified atom stereocenters. The lowest BCUT2D eigenvalue weighted by Crippen LogP contribution is -2.63. The van der Waals surface area contributed by atoms with E-state index >= 15 is 0 Å². The van der Waals surface area contributed by atoms with Crippen LogP contribution in [0.5, 0.6) is 0 Å². The zero-order valence-electron chi connectivity index (χ0n) is 48.3. The molecule has 4 heteroatoms. The van der Waals surface area contributed by atoms with Crippen LogP contribution in [0, 0.1) is 22.2 Å². The quantitative estimate of drug-likeness (QED) is 0.163. The smallest absolute Gasteiger partial charge is 0.252 e. The molecule has 384 valence electrons. The second kappa shape index (κ2) is 15.7. The molecule has 75 heavy (non-hydrogen) atoms. The summed E-state index contributed by atoms with van der Waals surface area (Å²) in [6.45, 7) is 39.2. The van der Waals surface area contributed by atoms with E-state index in [1.165, 1.54) is 126 Å². The van der Waals surface area contributed by atoms with Gasteiger partial charge in [0.15, 0.2) is 0 Å². The maximum atomic E-state index is 2.95. The van der Waals surface area contributed by atoms with Crippen molar-refractivity contribution in [3.8, 4) is 16.8 Å². The highest BCUT2D eigenvalue weighted by atomic mass is 15.3. The predicted octanol–water partition coefficient (Wildman–Crippen LogP) is 16.2. The van der Waals surface area contributed by atoms with E-state index in [0.717, 1.165) is 0 Å². The minimum absolute atomic E-state index is 0.000113. The molecule has 5 aromatic carbocycles. The van der Waals surface area contributed by atoms with Crippen LogP contribution >= 0.6 is 0 Å². The molecule has 3 aliphatic heterocycles. The molecule has 4 aliphatic carbocycles. The SMILES string of the molecule is CC(C)(C)C1=CC(c2ccccc2)C(N2c3cc(N4C5C=CC(C(C)(C)C)=CC5C5(C)CCCCC45C)ccc3B3c4c2cc(C(C)(C)C)cc4-n2c4c(c5cc(C(C)(C)C)cc3c52)-c2ccccc2C4(C)C)C=C1. The highest BCUT2D eigenvalue weighted by Gasteiger charge is 2.63. The Bertz CT molecular complexity index is 3530. The van der Waals surface area contributed by atoms with Gasteiger partial charge in [-0.05, 0) is 133 Å². The third-order valence-corrected chi connectivity index (χ3v) is 20.4. The number of fused-ring (bicyclic) bond motifs is 12. The monoisotopic (exact) mass is 988 g/mol. The largest absolute Gasteiger partial charge is 0.358 e. The van der Waals surface area contributed by atoms with Crippen molar-refractivity contribution in [3.05, 3.63) is 173 Å². The molecule has 6 atom stereocenters. The number of hydrogen-bond acceptors (Lipinski definition) is 2. The molecule has 3 nitrogen and oxygen atoms in total. The van der Waals surface area contributed by atoms with Crippen molar-refractivity contribution in [2.24, 2.45) is 22.2 Å². The molecule has 6 aromatic rings. The average Bonchev–Trinajstić information content (AvgIpc) is 3.90. The molecule has 7 aliphatic rings. The molecule has 1 saturated carbocycles. The molecule has 13 rings (SSSR count). The van der Waals surface area contributed by atoms with Crippen molar-refractivity contribution in [2.45, 2.75) is 176 Å². The van der Waals surface area contributed by atoms with Crippen molar-refractivity contribution in [3.63, 3.8) is 0 Å². The van der Waals surface area contributed by atoms with E-state index in [-0.39, 0.29) is 62.7 Å². The normalized spacial score (nSPS) is 26.1. The second-order valence-corrected chi connectivity index (χ2v) is 29.3. The first-order valence-electron chi connectivity index (χ1n) is 28.8. The van der Waals surface area contributed by atoms with Crippen LogP contribution < -0.4 is 26.2 Å². The van der Waals surface area contributed by atoms with Gasteiger partial charge in [-0.25, -0.2) is 0 Å². The van der Waals surface area contributed by atoms with Crippen LogP contribution in [0.1, 0.15) is 170 Å². The number of allylic oxidation sites excluding steroid dienone is 4. The number of aromatic nitrogens is 1. The molecule has 2 fully saturated rings. The summed E-state index contributed by atoms with van der Waals surface area (Å²) >= 11 is 0. The van der Waals surface area contributed by atoms with Gasteiger partial charge in [0.25, 0.3) is 6.71 Å². The summed E-state index contributed by atoms with van der Waals surface area (Å²) in [6.07, 6.45) is 20.6. The van der Waals surface area contributed by atoms with E-state index < -0.39 is 0 Å². The van der Waals surface area contributed by atoms with Crippen molar-refractivity contribution < 1.29 is 0 Å². The summed E-state index contributed by atoms with van der Waals surface area (Å²) in [5.74, 6) is 0.552. The van der Waals surface area contributed by atoms with Gasteiger partial charge in [-0.15, -0.1) is 0 Å². The van der Waals surface area contributed by atoms with Crippen LogP contribution in [0.4, 0.5) is 17.1 Å². The number of anilines is 3. The first kappa shape index (κ1) is 48.9. The van der Waals surface area contributed by atoms with Crippen molar-refractivity contribution in [2.75, 3.05) is 9.80 Å². The molecule has 0 amide bonds. The number of benzene rings is 5. The summed E-state index contributed by atoms with van der Waals surface area (Å²) < 4.78 is 2.79. The minimum Gasteiger partial charge on any atom is -0.358 e. The lowest BCUT2D eigenvalue weighted by atomic mass is 9.33. The van der Waals surface area contributed by atoms with Crippen LogP contribution in [0.3, 0.4) is 0 Å². The highest BCUT2D eigenvalue weighted by Crippen LogP contribution is 2.63. The molecule has 1 saturated heterocycles. The summed E-state index contributed by atoms with van der Waals surface area (Å²) in [4.78, 5) is 5.82. The number of hydrogen-bond donors (Lipinski definition) is 0. The van der Waals surface area contributed by atoms with Crippen LogP contribution in [-0.4, -0.2) is 28.9 Å². The van der Waals surface area contributed by atoms with E-state index in [9.17, 15) is 0 Å². The van der Waals surface area contributed by atoms with E-state index in [2.05, 4.69) is 259 Å². The van der Waals surface area contributed by atoms with E-state index in [1.807, 2.05) is 0 Å². The Labute approximate surface area is 451 Å². The molecule has 0 spiro atoms. The zero-order valence-corrected chi connectivity index (χ0v) is 48.3. The average molecular weight is 988 g/mol. The van der Waals surface area contributed by atoms with E-state index in [4.69, 9.17) is 0 Å². The molecular formula is C71H82BN3. The van der Waals surface area contributed by atoms with Crippen LogP contribution in [-0.2, 0) is 16.2 Å². The molecule has 0 bridgehead atoms. The van der Waals surface area contributed by atoms with Gasteiger partial charge in [0, 0.05) is 67.7 Å². The van der Waals surface area contributed by atoms with Gasteiger partial charge < -0.3 is 14.4 Å². The number of nitrogens with zero attached hydrogens (tertiary/aromatic N) is 3. The van der Waals surface area contributed by atoms with Gasteiger partial charge in [0.1, 0.15) is 0 Å². The molecule has 4 heterocycles. The van der Waals surface area contributed by atoms with Gasteiger partial charge in [-0.3, -0.25) is 0 Å². The Hall–Kier alpha value is -5.74.